The number of hydrogen-bond donors (Lipinski definition) is 1. The molecule has 2 fully saturated rings. The minimum Gasteiger partial charge on any atom is -0.368 e. The van der Waals surface area contributed by atoms with Crippen LogP contribution >= 0.6 is 11.6 Å². The molecular formula is C10H16ClNO2. The fourth-order valence-corrected chi connectivity index (χ4v) is 2.48. The van der Waals surface area contributed by atoms with E-state index in [2.05, 4.69) is 5.32 Å². The number of amides is 1. The maximum Gasteiger partial charge on any atom is 0.249 e. The van der Waals surface area contributed by atoms with E-state index in [1.807, 2.05) is 0 Å². The molecule has 0 aromatic rings. The van der Waals surface area contributed by atoms with Gasteiger partial charge in [-0.15, -0.1) is 11.6 Å². The number of carbonyl (C=O) groups is 1. The van der Waals surface area contributed by atoms with Gasteiger partial charge in [0, 0.05) is 12.6 Å². The molecule has 1 saturated heterocycles. The Hall–Kier alpha value is -0.280. The summed E-state index contributed by atoms with van der Waals surface area (Å²) in [6.45, 7) is 0.715. The summed E-state index contributed by atoms with van der Waals surface area (Å²) in [6.07, 6.45) is 4.76. The Kier molecular flexibility index (Phi) is 3.29. The van der Waals surface area contributed by atoms with E-state index in [1.165, 1.54) is 0 Å². The largest absolute Gasteiger partial charge is 0.368 e. The van der Waals surface area contributed by atoms with Crippen LogP contribution in [0.3, 0.4) is 0 Å². The first kappa shape index (κ1) is 10.2. The van der Waals surface area contributed by atoms with Crippen molar-refractivity contribution in [1.82, 2.24) is 5.32 Å². The predicted octanol–water partition coefficient (Wildman–Crippen LogP) is 1.44. The van der Waals surface area contributed by atoms with Crippen molar-refractivity contribution in [2.24, 2.45) is 0 Å². The molecule has 1 saturated carbocycles. The average Bonchev–Trinajstić information content (AvgIpc) is 2.77. The average molecular weight is 218 g/mol. The lowest BCUT2D eigenvalue weighted by Crippen LogP contribution is -2.43. The monoisotopic (exact) mass is 217 g/mol. The summed E-state index contributed by atoms with van der Waals surface area (Å²) in [6, 6.07) is 0.161. The first-order valence-electron chi connectivity index (χ1n) is 5.33. The predicted molar refractivity (Wildman–Crippen MR) is 54.4 cm³/mol. The molecule has 2 aliphatic rings. The Morgan fingerprint density at radius 2 is 2.14 bits per heavy atom. The van der Waals surface area contributed by atoms with E-state index < -0.39 is 0 Å². The van der Waals surface area contributed by atoms with Crippen molar-refractivity contribution in [3.63, 3.8) is 0 Å². The molecule has 3 nitrogen and oxygen atoms in total. The van der Waals surface area contributed by atoms with Gasteiger partial charge in [-0.2, -0.15) is 0 Å². The van der Waals surface area contributed by atoms with Crippen molar-refractivity contribution >= 4 is 17.5 Å². The van der Waals surface area contributed by atoms with Crippen molar-refractivity contribution in [2.45, 2.75) is 49.6 Å². The third-order valence-corrected chi connectivity index (χ3v) is 3.50. The van der Waals surface area contributed by atoms with Crippen molar-refractivity contribution in [3.05, 3.63) is 0 Å². The molecule has 1 aliphatic carbocycles. The second-order valence-electron chi connectivity index (χ2n) is 4.06. The van der Waals surface area contributed by atoms with E-state index in [-0.39, 0.29) is 23.4 Å². The van der Waals surface area contributed by atoms with Crippen LogP contribution in [0.4, 0.5) is 0 Å². The normalized spacial score (nSPS) is 37.4. The first-order chi connectivity index (χ1) is 6.77. The summed E-state index contributed by atoms with van der Waals surface area (Å²) in [5.74, 6) is 0.0278. The summed E-state index contributed by atoms with van der Waals surface area (Å²) in [4.78, 5) is 11.7. The lowest BCUT2D eigenvalue weighted by atomic mass is 10.2. The molecular weight excluding hydrogens is 202 g/mol. The lowest BCUT2D eigenvalue weighted by Gasteiger charge is -2.18. The molecule has 4 heteroatoms. The lowest BCUT2D eigenvalue weighted by molar-refractivity contribution is -0.130. The van der Waals surface area contributed by atoms with Crippen molar-refractivity contribution in [2.75, 3.05) is 6.61 Å². The molecule has 1 amide bonds. The molecule has 0 bridgehead atoms. The third kappa shape index (κ3) is 2.20. The van der Waals surface area contributed by atoms with Gasteiger partial charge >= 0.3 is 0 Å². The molecule has 0 aromatic heterocycles. The maximum atomic E-state index is 11.7. The Bertz CT molecular complexity index is 216. The topological polar surface area (TPSA) is 38.3 Å². The van der Waals surface area contributed by atoms with Crippen LogP contribution in [-0.4, -0.2) is 30.0 Å². The number of halogens is 1. The second-order valence-corrected chi connectivity index (χ2v) is 4.62. The standard InChI is InChI=1S/C10H16ClNO2/c11-7-3-1-4-8(7)12-10(13)9-5-2-6-14-9/h7-9H,1-6H2,(H,12,13). The number of rotatable bonds is 2. The summed E-state index contributed by atoms with van der Waals surface area (Å²) < 4.78 is 5.31. The number of hydrogen-bond acceptors (Lipinski definition) is 2. The molecule has 3 unspecified atom stereocenters. The number of alkyl halides is 1. The molecule has 1 aliphatic heterocycles. The Morgan fingerprint density at radius 3 is 2.71 bits per heavy atom. The van der Waals surface area contributed by atoms with Crippen LogP contribution in [0.2, 0.25) is 0 Å². The van der Waals surface area contributed by atoms with Gasteiger partial charge in [-0.3, -0.25) is 4.79 Å². The van der Waals surface area contributed by atoms with Crippen LogP contribution in [0.15, 0.2) is 0 Å². The summed E-state index contributed by atoms with van der Waals surface area (Å²) in [5, 5.41) is 3.09. The van der Waals surface area contributed by atoms with Crippen molar-refractivity contribution in [1.29, 1.82) is 0 Å². The third-order valence-electron chi connectivity index (χ3n) is 2.98. The fraction of sp³-hybridized carbons (Fsp3) is 0.900. The molecule has 2 rings (SSSR count). The minimum atomic E-state index is -0.223. The van der Waals surface area contributed by atoms with Gasteiger partial charge in [0.05, 0.1) is 5.38 Å². The van der Waals surface area contributed by atoms with Crippen LogP contribution in [0.1, 0.15) is 32.1 Å². The fourth-order valence-electron chi connectivity index (χ4n) is 2.14. The van der Waals surface area contributed by atoms with E-state index in [4.69, 9.17) is 16.3 Å². The van der Waals surface area contributed by atoms with Gasteiger partial charge in [0.2, 0.25) is 5.91 Å². The Labute approximate surface area is 89.1 Å². The van der Waals surface area contributed by atoms with Crippen LogP contribution in [0, 0.1) is 0 Å². The quantitative estimate of drug-likeness (QED) is 0.711. The highest BCUT2D eigenvalue weighted by atomic mass is 35.5. The molecule has 14 heavy (non-hydrogen) atoms. The van der Waals surface area contributed by atoms with Crippen molar-refractivity contribution in [3.8, 4) is 0 Å². The van der Waals surface area contributed by atoms with Gasteiger partial charge in [0.25, 0.3) is 0 Å². The second kappa shape index (κ2) is 4.49. The summed E-state index contributed by atoms with van der Waals surface area (Å²) in [7, 11) is 0. The van der Waals surface area contributed by atoms with E-state index in [9.17, 15) is 4.79 Å². The van der Waals surface area contributed by atoms with Gasteiger partial charge in [-0.1, -0.05) is 0 Å². The number of nitrogens with one attached hydrogen (secondary N) is 1. The SMILES string of the molecule is O=C(NC1CCCC1Cl)C1CCCO1. The van der Waals surface area contributed by atoms with Gasteiger partial charge < -0.3 is 10.1 Å². The van der Waals surface area contributed by atoms with Crippen LogP contribution in [-0.2, 0) is 9.53 Å². The van der Waals surface area contributed by atoms with E-state index >= 15 is 0 Å². The van der Waals surface area contributed by atoms with Gasteiger partial charge in [0.1, 0.15) is 6.10 Å². The van der Waals surface area contributed by atoms with Gasteiger partial charge in [-0.25, -0.2) is 0 Å². The van der Waals surface area contributed by atoms with E-state index in [0.29, 0.717) is 6.61 Å². The summed E-state index contributed by atoms with van der Waals surface area (Å²) >= 11 is 6.07. The Morgan fingerprint density at radius 1 is 1.29 bits per heavy atom. The zero-order valence-corrected chi connectivity index (χ0v) is 8.93. The van der Waals surface area contributed by atoms with E-state index in [1.54, 1.807) is 0 Å². The smallest absolute Gasteiger partial charge is 0.249 e. The highest BCUT2D eigenvalue weighted by molar-refractivity contribution is 6.21. The zero-order chi connectivity index (χ0) is 9.97. The molecule has 0 aromatic carbocycles. The van der Waals surface area contributed by atoms with Crippen molar-refractivity contribution < 1.29 is 9.53 Å². The Balaban J connectivity index is 1.81. The maximum absolute atomic E-state index is 11.7. The molecule has 0 radical (unpaired) electrons. The molecule has 0 spiro atoms. The van der Waals surface area contributed by atoms with E-state index in [0.717, 1.165) is 32.1 Å². The van der Waals surface area contributed by atoms with Crippen LogP contribution < -0.4 is 5.32 Å². The summed E-state index contributed by atoms with van der Waals surface area (Å²) in [5.41, 5.74) is 0. The highest BCUT2D eigenvalue weighted by Crippen LogP contribution is 2.24. The number of carbonyl (C=O) groups excluding carboxylic acids is 1. The molecule has 80 valence electrons. The highest BCUT2D eigenvalue weighted by Gasteiger charge is 2.30. The van der Waals surface area contributed by atoms with Gasteiger partial charge in [0.15, 0.2) is 0 Å². The van der Waals surface area contributed by atoms with Crippen LogP contribution in [0.25, 0.3) is 0 Å². The van der Waals surface area contributed by atoms with Gasteiger partial charge in [-0.05, 0) is 32.1 Å². The molecule has 3 atom stereocenters. The molecule has 1 N–H and O–H groups in total. The zero-order valence-electron chi connectivity index (χ0n) is 8.17. The minimum absolute atomic E-state index is 0.0278. The first-order valence-corrected chi connectivity index (χ1v) is 5.77. The number of ether oxygens (including phenoxy) is 1. The van der Waals surface area contributed by atoms with Crippen LogP contribution in [0.5, 0.6) is 0 Å². The molecule has 1 heterocycles.